The summed E-state index contributed by atoms with van der Waals surface area (Å²) < 4.78 is 12.1. The maximum absolute atomic E-state index is 12.9. The van der Waals surface area contributed by atoms with Gasteiger partial charge in [0.1, 0.15) is 0 Å². The number of carbonyl (C=O) groups excluding carboxylic acids is 2. The van der Waals surface area contributed by atoms with Crippen LogP contribution in [0.3, 0.4) is 0 Å². The van der Waals surface area contributed by atoms with Crippen molar-refractivity contribution < 1.29 is 18.7 Å². The van der Waals surface area contributed by atoms with Crippen LogP contribution in [0.1, 0.15) is 37.7 Å². The van der Waals surface area contributed by atoms with Crippen LogP contribution in [0.5, 0.6) is 0 Å². The number of rotatable bonds is 7. The predicted molar refractivity (Wildman–Crippen MR) is 121 cm³/mol. The number of methoxy groups -OCH3 is 1. The highest BCUT2D eigenvalue weighted by Gasteiger charge is 2.18. The zero-order chi connectivity index (χ0) is 22.5. The van der Waals surface area contributed by atoms with Crippen molar-refractivity contribution in [2.45, 2.75) is 13.5 Å². The summed E-state index contributed by atoms with van der Waals surface area (Å²) in [5.74, 6) is -0.192. The number of esters is 1. The molecule has 2 aromatic carbocycles. The van der Waals surface area contributed by atoms with E-state index in [9.17, 15) is 9.59 Å². The average molecular weight is 426 g/mol. The lowest BCUT2D eigenvalue weighted by molar-refractivity contribution is 0.0595. The monoisotopic (exact) mass is 426 g/mol. The van der Waals surface area contributed by atoms with Crippen molar-refractivity contribution in [1.82, 2.24) is 9.55 Å². The number of oxazole rings is 1. The predicted octanol–water partition coefficient (Wildman–Crippen LogP) is 5.18. The summed E-state index contributed by atoms with van der Waals surface area (Å²) in [7, 11) is 1.30. The van der Waals surface area contributed by atoms with Gasteiger partial charge in [-0.2, -0.15) is 0 Å². The van der Waals surface area contributed by atoms with Crippen LogP contribution in [0, 0.1) is 6.92 Å². The van der Waals surface area contributed by atoms with Crippen molar-refractivity contribution in [3.63, 3.8) is 0 Å². The SMILES string of the molecule is COC(=O)c1ncoc1-c1cccc(/C=C/Cn2cccc2C(=O)c2ccc(C)cc2)c1. The van der Waals surface area contributed by atoms with E-state index in [2.05, 4.69) is 4.98 Å². The van der Waals surface area contributed by atoms with Crippen LogP contribution in [-0.4, -0.2) is 28.4 Å². The number of allylic oxidation sites excluding steroid dienone is 1. The Morgan fingerprint density at radius 3 is 2.69 bits per heavy atom. The second-order valence-corrected chi connectivity index (χ2v) is 7.29. The fourth-order valence-electron chi connectivity index (χ4n) is 3.41. The zero-order valence-corrected chi connectivity index (χ0v) is 17.8. The van der Waals surface area contributed by atoms with Gasteiger partial charge in [-0.1, -0.05) is 60.2 Å². The molecule has 0 spiro atoms. The molecule has 2 aromatic heterocycles. The van der Waals surface area contributed by atoms with E-state index in [1.54, 1.807) is 0 Å². The Kier molecular flexibility index (Phi) is 6.12. The smallest absolute Gasteiger partial charge is 0.360 e. The molecule has 0 atom stereocenters. The Balaban J connectivity index is 1.51. The Morgan fingerprint density at radius 1 is 1.09 bits per heavy atom. The first-order chi connectivity index (χ1) is 15.6. The molecule has 0 amide bonds. The Labute approximate surface area is 185 Å². The molecule has 0 bridgehead atoms. The van der Waals surface area contributed by atoms with E-state index in [1.165, 1.54) is 13.5 Å². The van der Waals surface area contributed by atoms with Gasteiger partial charge in [-0.15, -0.1) is 0 Å². The molecule has 0 N–H and O–H groups in total. The van der Waals surface area contributed by atoms with Crippen molar-refractivity contribution >= 4 is 17.8 Å². The van der Waals surface area contributed by atoms with Crippen LogP contribution in [0.4, 0.5) is 0 Å². The van der Waals surface area contributed by atoms with Gasteiger partial charge in [0.05, 0.1) is 12.8 Å². The molecule has 0 aliphatic carbocycles. The summed E-state index contributed by atoms with van der Waals surface area (Å²) in [6, 6.07) is 18.8. The Bertz CT molecular complexity index is 1280. The van der Waals surface area contributed by atoms with Crippen molar-refractivity contribution in [2.24, 2.45) is 0 Å². The van der Waals surface area contributed by atoms with Crippen LogP contribution < -0.4 is 0 Å². The van der Waals surface area contributed by atoms with Gasteiger partial charge < -0.3 is 13.7 Å². The molecule has 160 valence electrons. The van der Waals surface area contributed by atoms with Gasteiger partial charge in [0.15, 0.2) is 17.8 Å². The number of ether oxygens (including phenoxy) is 1. The number of ketones is 1. The first-order valence-corrected chi connectivity index (χ1v) is 10.1. The summed E-state index contributed by atoms with van der Waals surface area (Å²) in [4.78, 5) is 28.7. The van der Waals surface area contributed by atoms with Crippen LogP contribution in [0.25, 0.3) is 17.4 Å². The van der Waals surface area contributed by atoms with Crippen molar-refractivity contribution in [3.8, 4) is 11.3 Å². The normalized spacial score (nSPS) is 11.1. The number of aryl methyl sites for hydroxylation is 1. The highest BCUT2D eigenvalue weighted by Crippen LogP contribution is 2.25. The molecule has 0 aliphatic rings. The van der Waals surface area contributed by atoms with E-state index in [4.69, 9.17) is 9.15 Å². The average Bonchev–Trinajstić information content (AvgIpc) is 3.49. The summed E-state index contributed by atoms with van der Waals surface area (Å²) in [5.41, 5.74) is 4.21. The van der Waals surface area contributed by atoms with Gasteiger partial charge in [0.2, 0.25) is 5.78 Å². The van der Waals surface area contributed by atoms with Gasteiger partial charge >= 0.3 is 5.97 Å². The quantitative estimate of drug-likeness (QED) is 0.301. The number of benzene rings is 2. The highest BCUT2D eigenvalue weighted by atomic mass is 16.5. The lowest BCUT2D eigenvalue weighted by atomic mass is 10.1. The fourth-order valence-corrected chi connectivity index (χ4v) is 3.41. The van der Waals surface area contributed by atoms with E-state index >= 15 is 0 Å². The van der Waals surface area contributed by atoms with Gasteiger partial charge in [-0.3, -0.25) is 4.79 Å². The lowest BCUT2D eigenvalue weighted by Gasteiger charge is -2.07. The summed E-state index contributed by atoms with van der Waals surface area (Å²) >= 11 is 0. The van der Waals surface area contributed by atoms with E-state index in [-0.39, 0.29) is 11.5 Å². The largest absolute Gasteiger partial charge is 0.464 e. The van der Waals surface area contributed by atoms with Gasteiger partial charge in [-0.25, -0.2) is 9.78 Å². The molecule has 0 saturated carbocycles. The molecule has 32 heavy (non-hydrogen) atoms. The molecule has 6 nitrogen and oxygen atoms in total. The topological polar surface area (TPSA) is 74.3 Å². The number of carbonyl (C=O) groups is 2. The third-order valence-electron chi connectivity index (χ3n) is 5.08. The minimum absolute atomic E-state index is 0.00828. The molecular formula is C26H22N2O4. The summed E-state index contributed by atoms with van der Waals surface area (Å²) in [6.07, 6.45) is 7.05. The molecule has 4 aromatic rings. The van der Waals surface area contributed by atoms with E-state index < -0.39 is 5.97 Å². The van der Waals surface area contributed by atoms with E-state index in [0.29, 0.717) is 23.6 Å². The molecule has 0 fully saturated rings. The van der Waals surface area contributed by atoms with E-state index in [0.717, 1.165) is 16.7 Å². The zero-order valence-electron chi connectivity index (χ0n) is 17.8. The first-order valence-electron chi connectivity index (χ1n) is 10.1. The molecule has 0 radical (unpaired) electrons. The van der Waals surface area contributed by atoms with Crippen LogP contribution in [0.15, 0.2) is 83.7 Å². The molecule has 6 heteroatoms. The van der Waals surface area contributed by atoms with Gasteiger partial charge in [0.25, 0.3) is 0 Å². The molecule has 0 aliphatic heterocycles. The number of hydrogen-bond donors (Lipinski definition) is 0. The van der Waals surface area contributed by atoms with Gasteiger partial charge in [-0.05, 0) is 30.7 Å². The summed E-state index contributed by atoms with van der Waals surface area (Å²) in [5, 5.41) is 0. The second-order valence-electron chi connectivity index (χ2n) is 7.29. The highest BCUT2D eigenvalue weighted by molar-refractivity contribution is 6.08. The molecule has 2 heterocycles. The molecule has 0 unspecified atom stereocenters. The summed E-state index contributed by atoms with van der Waals surface area (Å²) in [6.45, 7) is 2.54. The third kappa shape index (κ3) is 4.44. The molecular weight excluding hydrogens is 404 g/mol. The Hall–Kier alpha value is -4.19. The maximum atomic E-state index is 12.9. The first kappa shape index (κ1) is 21.1. The number of hydrogen-bond acceptors (Lipinski definition) is 5. The van der Waals surface area contributed by atoms with Crippen LogP contribution in [-0.2, 0) is 11.3 Å². The second kappa shape index (κ2) is 9.31. The van der Waals surface area contributed by atoms with Crippen molar-refractivity contribution in [3.05, 3.63) is 107 Å². The van der Waals surface area contributed by atoms with Crippen molar-refractivity contribution in [1.29, 1.82) is 0 Å². The number of nitrogens with zero attached hydrogens (tertiary/aromatic N) is 2. The standard InChI is InChI=1S/C26H22N2O4/c1-18-10-12-20(13-11-18)24(29)22-9-5-15-28(22)14-4-7-19-6-3-8-21(16-19)25-23(26(30)31-2)27-17-32-25/h3-13,15-17H,14H2,1-2H3/b7-4+. The fraction of sp³-hybridized carbons (Fsp3) is 0.115. The molecule has 4 rings (SSSR count). The number of aromatic nitrogens is 2. The minimum atomic E-state index is -0.548. The minimum Gasteiger partial charge on any atom is -0.464 e. The lowest BCUT2D eigenvalue weighted by Crippen LogP contribution is -2.09. The molecule has 0 saturated heterocycles. The Morgan fingerprint density at radius 2 is 1.91 bits per heavy atom. The van der Waals surface area contributed by atoms with Gasteiger partial charge in [0, 0.05) is 23.9 Å². The van der Waals surface area contributed by atoms with E-state index in [1.807, 2.05) is 90.5 Å². The maximum Gasteiger partial charge on any atom is 0.360 e. The third-order valence-corrected chi connectivity index (χ3v) is 5.08. The van der Waals surface area contributed by atoms with Crippen LogP contribution in [0.2, 0.25) is 0 Å². The van der Waals surface area contributed by atoms with Crippen molar-refractivity contribution in [2.75, 3.05) is 7.11 Å². The van der Waals surface area contributed by atoms with Crippen LogP contribution >= 0.6 is 0 Å².